The fraction of sp³-hybridized carbons (Fsp3) is 0.200. The second kappa shape index (κ2) is 6.77. The van der Waals surface area contributed by atoms with Crippen molar-refractivity contribution in [1.29, 1.82) is 5.26 Å². The summed E-state index contributed by atoms with van der Waals surface area (Å²) in [7, 11) is -1.14. The van der Waals surface area contributed by atoms with Crippen LogP contribution >= 0.6 is 11.1 Å². The molecule has 3 heterocycles. The Labute approximate surface area is 139 Å². The van der Waals surface area contributed by atoms with Crippen LogP contribution in [0, 0.1) is 11.3 Å². The molecule has 3 aromatic heterocycles. The molecule has 0 saturated carbocycles. The molecule has 0 atom stereocenters. The molecular formula is C15H16ClN5OSi. The summed E-state index contributed by atoms with van der Waals surface area (Å²) in [4.78, 5) is 18.0. The van der Waals surface area contributed by atoms with E-state index in [-0.39, 0.29) is 5.56 Å². The van der Waals surface area contributed by atoms with Crippen LogP contribution in [0.4, 0.5) is 0 Å². The van der Waals surface area contributed by atoms with Crippen molar-refractivity contribution in [3.63, 3.8) is 0 Å². The highest BCUT2D eigenvalue weighted by atomic mass is 35.6. The minimum absolute atomic E-state index is 0.226. The number of H-pyrrole nitrogens is 1. The van der Waals surface area contributed by atoms with E-state index in [0.717, 1.165) is 5.52 Å². The molecule has 1 N–H and O–H groups in total. The highest BCUT2D eigenvalue weighted by Crippen LogP contribution is 2.20. The molecule has 6 nitrogen and oxygen atoms in total. The molecule has 0 aliphatic rings. The summed E-state index contributed by atoms with van der Waals surface area (Å²) in [5.74, 6) is 0.438. The van der Waals surface area contributed by atoms with Gasteiger partial charge in [-0.25, -0.2) is 9.50 Å². The van der Waals surface area contributed by atoms with E-state index in [0.29, 0.717) is 17.0 Å². The van der Waals surface area contributed by atoms with Crippen LogP contribution in [-0.4, -0.2) is 27.0 Å². The summed E-state index contributed by atoms with van der Waals surface area (Å²) in [5.41, 5.74) is 1.71. The van der Waals surface area contributed by atoms with E-state index in [1.807, 2.05) is 0 Å². The minimum atomic E-state index is -1.14. The molecule has 0 aromatic carbocycles. The second-order valence-electron chi connectivity index (χ2n) is 5.76. The van der Waals surface area contributed by atoms with Crippen LogP contribution in [0.25, 0.3) is 16.9 Å². The lowest BCUT2D eigenvalue weighted by atomic mass is 10.2. The van der Waals surface area contributed by atoms with Gasteiger partial charge in [-0.1, -0.05) is 19.6 Å². The van der Waals surface area contributed by atoms with E-state index in [2.05, 4.69) is 40.8 Å². The molecule has 23 heavy (non-hydrogen) atoms. The van der Waals surface area contributed by atoms with Gasteiger partial charge in [-0.2, -0.15) is 21.4 Å². The van der Waals surface area contributed by atoms with Crippen LogP contribution in [0.2, 0.25) is 19.6 Å². The molecule has 0 amide bonds. The Bertz CT molecular complexity index is 914. The normalized spacial score (nSPS) is 10.7. The van der Waals surface area contributed by atoms with E-state index in [9.17, 15) is 4.79 Å². The molecule has 8 heteroatoms. The third-order valence-electron chi connectivity index (χ3n) is 2.58. The van der Waals surface area contributed by atoms with Crippen LogP contribution in [0.5, 0.6) is 0 Å². The van der Waals surface area contributed by atoms with Gasteiger partial charge in [0.1, 0.15) is 13.2 Å². The Hall–Kier alpha value is -2.43. The first-order valence-corrected chi connectivity index (χ1v) is 11.4. The maximum atomic E-state index is 11.3. The number of aromatic nitrogens is 4. The molecule has 0 aliphatic heterocycles. The van der Waals surface area contributed by atoms with Crippen molar-refractivity contribution in [2.24, 2.45) is 0 Å². The van der Waals surface area contributed by atoms with Gasteiger partial charge in [-0.05, 0) is 12.1 Å². The number of hydrogen-bond donors (Lipinski definition) is 1. The standard InChI is InChI=1S/C12H7N5O.C3H9ClSi/c13-6-8-2-4-17-10(5-8)9(7-15-17)12-14-3-1-11(18)16-12;1-5(2,3)4/h1-5,7H,(H,14,16,18);1-3H3. The van der Waals surface area contributed by atoms with Crippen molar-refractivity contribution < 1.29 is 0 Å². The molecule has 0 fully saturated rings. The van der Waals surface area contributed by atoms with E-state index in [4.69, 9.17) is 16.3 Å². The van der Waals surface area contributed by atoms with Gasteiger partial charge in [0.05, 0.1) is 28.9 Å². The predicted octanol–water partition coefficient (Wildman–Crippen LogP) is 3.02. The van der Waals surface area contributed by atoms with Crippen LogP contribution in [0.15, 0.2) is 41.6 Å². The number of nitriles is 1. The summed E-state index contributed by atoms with van der Waals surface area (Å²) >= 11 is 5.67. The lowest BCUT2D eigenvalue weighted by molar-refractivity contribution is 0.960. The first-order valence-electron chi connectivity index (χ1n) is 6.90. The molecular weight excluding hydrogens is 330 g/mol. The van der Waals surface area contributed by atoms with Gasteiger partial charge in [0.2, 0.25) is 0 Å². The van der Waals surface area contributed by atoms with Gasteiger partial charge >= 0.3 is 0 Å². The average Bonchev–Trinajstić information content (AvgIpc) is 2.88. The zero-order valence-corrected chi connectivity index (χ0v) is 14.8. The zero-order chi connectivity index (χ0) is 17.0. The largest absolute Gasteiger partial charge is 0.306 e. The number of fused-ring (bicyclic) bond motifs is 1. The number of nitrogens with zero attached hydrogens (tertiary/aromatic N) is 4. The molecule has 3 rings (SSSR count). The summed E-state index contributed by atoms with van der Waals surface area (Å²) in [6.45, 7) is 6.28. The van der Waals surface area contributed by atoms with Crippen molar-refractivity contribution in [3.05, 3.63) is 52.7 Å². The molecule has 0 unspecified atom stereocenters. The average molecular weight is 346 g/mol. The van der Waals surface area contributed by atoms with Gasteiger partial charge in [0.15, 0.2) is 0 Å². The second-order valence-corrected chi connectivity index (χ2v) is 13.3. The van der Waals surface area contributed by atoms with Crippen molar-refractivity contribution in [2.45, 2.75) is 19.6 Å². The quantitative estimate of drug-likeness (QED) is 0.542. The summed E-state index contributed by atoms with van der Waals surface area (Å²) in [6.07, 6.45) is 4.74. The van der Waals surface area contributed by atoms with E-state index < -0.39 is 7.38 Å². The van der Waals surface area contributed by atoms with Gasteiger partial charge in [0, 0.05) is 18.5 Å². The summed E-state index contributed by atoms with van der Waals surface area (Å²) < 4.78 is 1.63. The minimum Gasteiger partial charge on any atom is -0.306 e. The highest BCUT2D eigenvalue weighted by Gasteiger charge is 2.09. The number of nitrogens with one attached hydrogen (secondary N) is 1. The van der Waals surface area contributed by atoms with E-state index in [1.54, 1.807) is 29.0 Å². The number of rotatable bonds is 1. The topological polar surface area (TPSA) is 86.8 Å². The Morgan fingerprint density at radius 1 is 1.35 bits per heavy atom. The van der Waals surface area contributed by atoms with Gasteiger partial charge < -0.3 is 4.98 Å². The number of hydrogen-bond acceptors (Lipinski definition) is 4. The monoisotopic (exact) mass is 345 g/mol. The Balaban J connectivity index is 0.000000338. The van der Waals surface area contributed by atoms with Crippen molar-refractivity contribution in [2.75, 3.05) is 0 Å². The Morgan fingerprint density at radius 2 is 2.04 bits per heavy atom. The smallest absolute Gasteiger partial charge is 0.251 e. The van der Waals surface area contributed by atoms with Crippen LogP contribution < -0.4 is 5.56 Å². The van der Waals surface area contributed by atoms with Crippen LogP contribution in [0.3, 0.4) is 0 Å². The molecule has 0 radical (unpaired) electrons. The Morgan fingerprint density at radius 3 is 2.65 bits per heavy atom. The maximum Gasteiger partial charge on any atom is 0.251 e. The number of aromatic amines is 1. The maximum absolute atomic E-state index is 11.3. The predicted molar refractivity (Wildman–Crippen MR) is 93.0 cm³/mol. The van der Waals surface area contributed by atoms with Crippen molar-refractivity contribution in [1.82, 2.24) is 19.6 Å². The first-order chi connectivity index (χ1) is 10.8. The van der Waals surface area contributed by atoms with Gasteiger partial charge in [0.25, 0.3) is 5.56 Å². The van der Waals surface area contributed by atoms with Gasteiger partial charge in [-0.3, -0.25) is 4.79 Å². The summed E-state index contributed by atoms with van der Waals surface area (Å²) in [5, 5.41) is 13.0. The number of pyridine rings is 1. The van der Waals surface area contributed by atoms with E-state index in [1.165, 1.54) is 12.3 Å². The number of halogens is 1. The first kappa shape index (κ1) is 16.9. The molecule has 0 bridgehead atoms. The lowest BCUT2D eigenvalue weighted by Crippen LogP contribution is -2.06. The molecule has 0 saturated heterocycles. The molecule has 0 aliphatic carbocycles. The van der Waals surface area contributed by atoms with E-state index >= 15 is 0 Å². The SMILES string of the molecule is C[Si](C)(C)Cl.N#Cc1ccn2ncc(-c3nccc(=O)[nH]3)c2c1. The fourth-order valence-electron chi connectivity index (χ4n) is 1.74. The highest BCUT2D eigenvalue weighted by molar-refractivity contribution is 7.18. The van der Waals surface area contributed by atoms with Crippen molar-refractivity contribution >= 4 is 24.0 Å². The van der Waals surface area contributed by atoms with Crippen LogP contribution in [0.1, 0.15) is 5.56 Å². The van der Waals surface area contributed by atoms with Gasteiger partial charge in [-0.15, -0.1) is 0 Å². The summed E-state index contributed by atoms with van der Waals surface area (Å²) in [6, 6.07) is 6.78. The zero-order valence-electron chi connectivity index (χ0n) is 13.0. The van der Waals surface area contributed by atoms with Crippen LogP contribution in [-0.2, 0) is 0 Å². The van der Waals surface area contributed by atoms with Crippen molar-refractivity contribution in [3.8, 4) is 17.5 Å². The molecule has 118 valence electrons. The fourth-order valence-corrected chi connectivity index (χ4v) is 1.74. The Kier molecular flexibility index (Phi) is 4.98. The molecule has 3 aromatic rings. The molecule has 0 spiro atoms. The lowest BCUT2D eigenvalue weighted by Gasteiger charge is -1.98. The third kappa shape index (κ3) is 4.77. The third-order valence-corrected chi connectivity index (χ3v) is 2.58.